The zero-order chi connectivity index (χ0) is 19.3. The molecular formula is C19H20F4N2O. The highest BCUT2D eigenvalue weighted by Crippen LogP contribution is 2.32. The summed E-state index contributed by atoms with van der Waals surface area (Å²) in [5, 5.41) is 0. The fourth-order valence-electron chi connectivity index (χ4n) is 2.44. The molecule has 0 aliphatic heterocycles. The Labute approximate surface area is 149 Å². The number of likely N-dealkylation sites (N-methyl/N-ethyl adjacent to an activating group) is 1. The Kier molecular flexibility index (Phi) is 6.37. The lowest BCUT2D eigenvalue weighted by Crippen LogP contribution is -2.36. The number of nitrogens with zero attached hydrogens (tertiary/aromatic N) is 2. The van der Waals surface area contributed by atoms with Gasteiger partial charge in [-0.2, -0.15) is 13.2 Å². The van der Waals surface area contributed by atoms with E-state index in [1.165, 1.54) is 4.90 Å². The number of benzene rings is 2. The van der Waals surface area contributed by atoms with Crippen molar-refractivity contribution in [3.63, 3.8) is 0 Å². The number of alkyl halides is 3. The van der Waals surface area contributed by atoms with E-state index < -0.39 is 23.5 Å². The maximum Gasteiger partial charge on any atom is 0.419 e. The SMILES string of the molecule is CN(C)CCN(Cc1ccccc1)C(=O)c1ccc(F)c(C(F)(F)F)c1. The molecule has 0 atom stereocenters. The van der Waals surface area contributed by atoms with Crippen LogP contribution >= 0.6 is 0 Å². The van der Waals surface area contributed by atoms with Gasteiger partial charge in [-0.05, 0) is 37.9 Å². The van der Waals surface area contributed by atoms with Crippen LogP contribution in [-0.4, -0.2) is 42.9 Å². The molecule has 1 amide bonds. The standard InChI is InChI=1S/C19H20F4N2O/c1-24(2)10-11-25(13-14-6-4-3-5-7-14)18(26)15-8-9-17(20)16(12-15)19(21,22)23/h3-9,12H,10-11,13H2,1-2H3. The molecule has 7 heteroatoms. The van der Waals surface area contributed by atoms with E-state index >= 15 is 0 Å². The number of hydrogen-bond acceptors (Lipinski definition) is 2. The number of carbonyl (C=O) groups excluding carboxylic acids is 1. The first-order chi connectivity index (χ1) is 12.2. The zero-order valence-corrected chi connectivity index (χ0v) is 14.6. The van der Waals surface area contributed by atoms with Gasteiger partial charge >= 0.3 is 6.18 Å². The Morgan fingerprint density at radius 3 is 2.23 bits per heavy atom. The van der Waals surface area contributed by atoms with E-state index in [0.29, 0.717) is 25.2 Å². The highest BCUT2D eigenvalue weighted by Gasteiger charge is 2.35. The minimum absolute atomic E-state index is 0.187. The maximum absolute atomic E-state index is 13.5. The van der Waals surface area contributed by atoms with Gasteiger partial charge in [0.05, 0.1) is 5.56 Å². The molecule has 0 aliphatic carbocycles. The van der Waals surface area contributed by atoms with Gasteiger partial charge in [0.15, 0.2) is 0 Å². The molecule has 26 heavy (non-hydrogen) atoms. The van der Waals surface area contributed by atoms with Crippen molar-refractivity contribution < 1.29 is 22.4 Å². The highest BCUT2D eigenvalue weighted by molar-refractivity contribution is 5.94. The summed E-state index contributed by atoms with van der Waals surface area (Å²) in [4.78, 5) is 16.1. The average molecular weight is 368 g/mol. The molecule has 0 aliphatic rings. The van der Waals surface area contributed by atoms with Crippen LogP contribution in [0.5, 0.6) is 0 Å². The molecule has 140 valence electrons. The molecule has 0 unspecified atom stereocenters. The summed E-state index contributed by atoms with van der Waals surface area (Å²) in [6.07, 6.45) is -4.85. The monoisotopic (exact) mass is 368 g/mol. The van der Waals surface area contributed by atoms with Crippen molar-refractivity contribution in [1.82, 2.24) is 9.80 Å². The number of amides is 1. The maximum atomic E-state index is 13.5. The highest BCUT2D eigenvalue weighted by atomic mass is 19.4. The smallest absolute Gasteiger partial charge is 0.333 e. The van der Waals surface area contributed by atoms with Gasteiger partial charge in [-0.3, -0.25) is 4.79 Å². The minimum atomic E-state index is -4.85. The van der Waals surface area contributed by atoms with Gasteiger partial charge < -0.3 is 9.80 Å². The van der Waals surface area contributed by atoms with Crippen molar-refractivity contribution in [1.29, 1.82) is 0 Å². The fourth-order valence-corrected chi connectivity index (χ4v) is 2.44. The lowest BCUT2D eigenvalue weighted by Gasteiger charge is -2.25. The van der Waals surface area contributed by atoms with Crippen molar-refractivity contribution >= 4 is 5.91 Å². The lowest BCUT2D eigenvalue weighted by atomic mass is 10.1. The minimum Gasteiger partial charge on any atom is -0.333 e. The van der Waals surface area contributed by atoms with Gasteiger partial charge in [0.1, 0.15) is 5.82 Å². The van der Waals surface area contributed by atoms with Crippen molar-refractivity contribution in [2.45, 2.75) is 12.7 Å². The van der Waals surface area contributed by atoms with E-state index in [9.17, 15) is 22.4 Å². The summed E-state index contributed by atoms with van der Waals surface area (Å²) in [6, 6.07) is 11.5. The molecule has 2 aromatic rings. The number of carbonyl (C=O) groups is 1. The summed E-state index contributed by atoms with van der Waals surface area (Å²) < 4.78 is 52.2. The van der Waals surface area contributed by atoms with E-state index in [0.717, 1.165) is 11.6 Å². The van der Waals surface area contributed by atoms with Crippen LogP contribution < -0.4 is 0 Å². The predicted molar refractivity (Wildman–Crippen MR) is 91.1 cm³/mol. The summed E-state index contributed by atoms with van der Waals surface area (Å²) in [5.74, 6) is -1.96. The summed E-state index contributed by atoms with van der Waals surface area (Å²) in [7, 11) is 3.68. The molecule has 0 aromatic heterocycles. The number of halogens is 4. The third kappa shape index (κ3) is 5.29. The first-order valence-corrected chi connectivity index (χ1v) is 8.03. The molecule has 0 saturated carbocycles. The predicted octanol–water partition coefficient (Wildman–Crippen LogP) is 4.05. The van der Waals surface area contributed by atoms with E-state index in [-0.39, 0.29) is 12.1 Å². The fraction of sp³-hybridized carbons (Fsp3) is 0.316. The van der Waals surface area contributed by atoms with Gasteiger partial charge in [-0.15, -0.1) is 0 Å². The van der Waals surface area contributed by atoms with Crippen LogP contribution in [0.25, 0.3) is 0 Å². The Morgan fingerprint density at radius 2 is 1.65 bits per heavy atom. The number of hydrogen-bond donors (Lipinski definition) is 0. The molecule has 2 rings (SSSR count). The van der Waals surface area contributed by atoms with Crippen LogP contribution in [0, 0.1) is 5.82 Å². The first kappa shape index (κ1) is 19.9. The van der Waals surface area contributed by atoms with Crippen molar-refractivity contribution in [3.8, 4) is 0 Å². The van der Waals surface area contributed by atoms with Crippen molar-refractivity contribution in [2.75, 3.05) is 27.2 Å². The molecule has 0 N–H and O–H groups in total. The van der Waals surface area contributed by atoms with Crippen LogP contribution in [0.2, 0.25) is 0 Å². The van der Waals surface area contributed by atoms with Crippen LogP contribution in [0.15, 0.2) is 48.5 Å². The van der Waals surface area contributed by atoms with Crippen LogP contribution in [0.1, 0.15) is 21.5 Å². The number of rotatable bonds is 6. The van der Waals surface area contributed by atoms with Crippen LogP contribution in [-0.2, 0) is 12.7 Å². The second kappa shape index (κ2) is 8.31. The van der Waals surface area contributed by atoms with Gasteiger partial charge in [-0.25, -0.2) is 4.39 Å². The van der Waals surface area contributed by atoms with Gasteiger partial charge in [-0.1, -0.05) is 30.3 Å². The summed E-state index contributed by atoms with van der Waals surface area (Å²) >= 11 is 0. The molecule has 0 bridgehead atoms. The third-order valence-corrected chi connectivity index (χ3v) is 3.84. The Morgan fingerprint density at radius 1 is 1.00 bits per heavy atom. The van der Waals surface area contributed by atoms with Gasteiger partial charge in [0.25, 0.3) is 5.91 Å². The van der Waals surface area contributed by atoms with Gasteiger partial charge in [0, 0.05) is 25.2 Å². The molecule has 0 heterocycles. The van der Waals surface area contributed by atoms with E-state index in [2.05, 4.69) is 0 Å². The van der Waals surface area contributed by atoms with Crippen LogP contribution in [0.4, 0.5) is 17.6 Å². The lowest BCUT2D eigenvalue weighted by molar-refractivity contribution is -0.140. The normalized spacial score (nSPS) is 11.7. The van der Waals surface area contributed by atoms with Crippen molar-refractivity contribution in [2.24, 2.45) is 0 Å². The Hall–Kier alpha value is -2.41. The second-order valence-electron chi connectivity index (χ2n) is 6.21. The van der Waals surface area contributed by atoms with Crippen molar-refractivity contribution in [3.05, 3.63) is 71.0 Å². The Bertz CT molecular complexity index is 745. The molecule has 0 radical (unpaired) electrons. The third-order valence-electron chi connectivity index (χ3n) is 3.84. The van der Waals surface area contributed by atoms with Crippen LogP contribution in [0.3, 0.4) is 0 Å². The first-order valence-electron chi connectivity index (χ1n) is 8.03. The second-order valence-corrected chi connectivity index (χ2v) is 6.21. The molecule has 0 saturated heterocycles. The molecule has 2 aromatic carbocycles. The summed E-state index contributed by atoms with van der Waals surface area (Å²) in [5.41, 5.74) is -0.762. The summed E-state index contributed by atoms with van der Waals surface area (Å²) in [6.45, 7) is 1.14. The Balaban J connectivity index is 2.30. The quantitative estimate of drug-likeness (QED) is 0.719. The van der Waals surface area contributed by atoms with E-state index in [1.54, 1.807) is 0 Å². The van der Waals surface area contributed by atoms with E-state index in [4.69, 9.17) is 0 Å². The molecular weight excluding hydrogens is 348 g/mol. The van der Waals surface area contributed by atoms with E-state index in [1.807, 2.05) is 49.3 Å². The zero-order valence-electron chi connectivity index (χ0n) is 14.6. The largest absolute Gasteiger partial charge is 0.419 e. The molecule has 0 fully saturated rings. The average Bonchev–Trinajstić information content (AvgIpc) is 2.58. The molecule has 0 spiro atoms. The molecule has 3 nitrogen and oxygen atoms in total. The topological polar surface area (TPSA) is 23.6 Å². The van der Waals surface area contributed by atoms with Gasteiger partial charge in [0.2, 0.25) is 0 Å².